The number of rotatable bonds is 3. The maximum Gasteiger partial charge on any atom is 0.417 e. The number of benzene rings is 1. The monoisotopic (exact) mass is 248 g/mol. The number of nitrogens with one attached hydrogen (secondary N) is 2. The quantitative estimate of drug-likeness (QED) is 0.872. The highest BCUT2D eigenvalue weighted by Crippen LogP contribution is 2.21. The molecule has 5 nitrogen and oxygen atoms in total. The summed E-state index contributed by atoms with van der Waals surface area (Å²) in [5.74, 6) is -0.421. The molecule has 2 N–H and O–H groups in total. The van der Waals surface area contributed by atoms with E-state index >= 15 is 0 Å². The number of aromatic amines is 1. The molecule has 2 aromatic rings. The lowest BCUT2D eigenvalue weighted by Crippen LogP contribution is -2.19. The van der Waals surface area contributed by atoms with E-state index < -0.39 is 5.76 Å². The zero-order valence-electron chi connectivity index (χ0n) is 10.2. The van der Waals surface area contributed by atoms with Crippen LogP contribution >= 0.6 is 0 Å². The summed E-state index contributed by atoms with van der Waals surface area (Å²) in [6, 6.07) is 5.56. The Hall–Kier alpha value is -1.75. The highest BCUT2D eigenvalue weighted by molar-refractivity contribution is 5.76. The van der Waals surface area contributed by atoms with Crippen molar-refractivity contribution < 1.29 is 9.15 Å². The highest BCUT2D eigenvalue weighted by Gasteiger charge is 2.21. The maximum absolute atomic E-state index is 11.0. The van der Waals surface area contributed by atoms with Gasteiger partial charge < -0.3 is 14.5 Å². The van der Waals surface area contributed by atoms with E-state index in [0.29, 0.717) is 17.2 Å². The predicted molar refractivity (Wildman–Crippen MR) is 68.9 cm³/mol. The Bertz CT molecular complexity index is 602. The van der Waals surface area contributed by atoms with Gasteiger partial charge in [-0.2, -0.15) is 0 Å². The van der Waals surface area contributed by atoms with Crippen LogP contribution in [-0.4, -0.2) is 23.7 Å². The molecule has 1 aromatic heterocycles. The van der Waals surface area contributed by atoms with Crippen LogP contribution in [0.3, 0.4) is 0 Å². The van der Waals surface area contributed by atoms with Gasteiger partial charge in [-0.05, 0) is 38.0 Å². The van der Waals surface area contributed by atoms with Crippen molar-refractivity contribution in [2.45, 2.75) is 32.0 Å². The van der Waals surface area contributed by atoms with E-state index in [2.05, 4.69) is 17.2 Å². The Balaban J connectivity index is 1.69. The van der Waals surface area contributed by atoms with Crippen molar-refractivity contribution in [3.8, 4) is 0 Å². The smallest absolute Gasteiger partial charge is 0.408 e. The molecule has 96 valence electrons. The van der Waals surface area contributed by atoms with Crippen LogP contribution in [0.25, 0.3) is 11.1 Å². The zero-order chi connectivity index (χ0) is 12.5. The minimum atomic E-state index is -0.421. The summed E-state index contributed by atoms with van der Waals surface area (Å²) in [6.07, 6.45) is 2.86. The molecule has 0 aliphatic carbocycles. The van der Waals surface area contributed by atoms with Gasteiger partial charge in [0.05, 0.1) is 17.7 Å². The van der Waals surface area contributed by atoms with Crippen molar-refractivity contribution in [3.63, 3.8) is 0 Å². The van der Waals surface area contributed by atoms with Crippen molar-refractivity contribution in [1.29, 1.82) is 0 Å². The van der Waals surface area contributed by atoms with Gasteiger partial charge in [0.1, 0.15) is 0 Å². The molecule has 1 aromatic carbocycles. The van der Waals surface area contributed by atoms with E-state index in [1.165, 1.54) is 0 Å². The molecule has 0 amide bonds. The van der Waals surface area contributed by atoms with Gasteiger partial charge in [-0.3, -0.25) is 4.98 Å². The SMILES string of the molecule is CC1CCC(CNc2ccc3oc(=O)[nH]c3c2)O1. The van der Waals surface area contributed by atoms with E-state index in [1.54, 1.807) is 6.07 Å². The van der Waals surface area contributed by atoms with Crippen LogP contribution in [0.15, 0.2) is 27.4 Å². The van der Waals surface area contributed by atoms with E-state index in [4.69, 9.17) is 9.15 Å². The molecule has 1 fully saturated rings. The Morgan fingerprint density at radius 2 is 2.33 bits per heavy atom. The second-order valence-electron chi connectivity index (χ2n) is 4.75. The fraction of sp³-hybridized carbons (Fsp3) is 0.462. The van der Waals surface area contributed by atoms with E-state index in [-0.39, 0.29) is 6.10 Å². The number of hydrogen-bond donors (Lipinski definition) is 2. The third-order valence-electron chi connectivity index (χ3n) is 3.27. The van der Waals surface area contributed by atoms with Gasteiger partial charge in [0, 0.05) is 12.2 Å². The number of ether oxygens (including phenoxy) is 1. The average molecular weight is 248 g/mol. The van der Waals surface area contributed by atoms with E-state index in [0.717, 1.165) is 25.1 Å². The summed E-state index contributed by atoms with van der Waals surface area (Å²) in [5.41, 5.74) is 2.25. The lowest BCUT2D eigenvalue weighted by Gasteiger charge is -2.13. The Morgan fingerprint density at radius 1 is 1.44 bits per heavy atom. The second kappa shape index (κ2) is 4.49. The standard InChI is InChI=1S/C13H16N2O3/c1-8-2-4-10(17-8)7-14-9-3-5-12-11(6-9)15-13(16)18-12/h3,5-6,8,10,14H,2,4,7H2,1H3,(H,15,16). The Morgan fingerprint density at radius 3 is 3.11 bits per heavy atom. The van der Waals surface area contributed by atoms with Crippen molar-refractivity contribution >= 4 is 16.8 Å². The van der Waals surface area contributed by atoms with Gasteiger partial charge in [-0.25, -0.2) is 4.79 Å². The molecule has 2 heterocycles. The topological polar surface area (TPSA) is 67.3 Å². The highest BCUT2D eigenvalue weighted by atomic mass is 16.5. The molecule has 1 aliphatic rings. The minimum Gasteiger partial charge on any atom is -0.408 e. The maximum atomic E-state index is 11.0. The van der Waals surface area contributed by atoms with Gasteiger partial charge in [-0.15, -0.1) is 0 Å². The van der Waals surface area contributed by atoms with Gasteiger partial charge in [0.2, 0.25) is 0 Å². The molecule has 2 unspecified atom stereocenters. The Kier molecular flexibility index (Phi) is 2.83. The molecule has 0 spiro atoms. The first-order valence-electron chi connectivity index (χ1n) is 6.23. The number of oxazole rings is 1. The van der Waals surface area contributed by atoms with Crippen LogP contribution in [0, 0.1) is 0 Å². The van der Waals surface area contributed by atoms with Crippen LogP contribution in [0.1, 0.15) is 19.8 Å². The largest absolute Gasteiger partial charge is 0.417 e. The summed E-state index contributed by atoms with van der Waals surface area (Å²) in [7, 11) is 0. The minimum absolute atomic E-state index is 0.277. The molecule has 0 radical (unpaired) electrons. The van der Waals surface area contributed by atoms with Gasteiger partial charge in [0.25, 0.3) is 0 Å². The molecule has 3 rings (SSSR count). The summed E-state index contributed by atoms with van der Waals surface area (Å²) in [6.45, 7) is 2.89. The molecule has 2 atom stereocenters. The summed E-state index contributed by atoms with van der Waals surface area (Å²) < 4.78 is 10.7. The molecule has 0 bridgehead atoms. The molecule has 1 saturated heterocycles. The fourth-order valence-electron chi connectivity index (χ4n) is 2.33. The third kappa shape index (κ3) is 2.26. The zero-order valence-corrected chi connectivity index (χ0v) is 10.2. The van der Waals surface area contributed by atoms with Crippen LogP contribution in [0.2, 0.25) is 0 Å². The number of hydrogen-bond acceptors (Lipinski definition) is 4. The molecule has 18 heavy (non-hydrogen) atoms. The molecule has 5 heteroatoms. The van der Waals surface area contributed by atoms with E-state index in [1.807, 2.05) is 12.1 Å². The van der Waals surface area contributed by atoms with Crippen molar-refractivity contribution in [2.75, 3.05) is 11.9 Å². The van der Waals surface area contributed by atoms with Gasteiger partial charge >= 0.3 is 5.76 Å². The first-order valence-corrected chi connectivity index (χ1v) is 6.23. The van der Waals surface area contributed by atoms with E-state index in [9.17, 15) is 4.79 Å². The Labute approximate surface area is 104 Å². The summed E-state index contributed by atoms with van der Waals surface area (Å²) in [5, 5.41) is 3.32. The lowest BCUT2D eigenvalue weighted by atomic mass is 10.2. The van der Waals surface area contributed by atoms with Crippen molar-refractivity contribution in [3.05, 3.63) is 28.7 Å². The van der Waals surface area contributed by atoms with Gasteiger partial charge in [-0.1, -0.05) is 0 Å². The fourth-order valence-corrected chi connectivity index (χ4v) is 2.33. The number of fused-ring (bicyclic) bond motifs is 1. The van der Waals surface area contributed by atoms with Crippen molar-refractivity contribution in [2.24, 2.45) is 0 Å². The number of H-pyrrole nitrogens is 1. The molecular weight excluding hydrogens is 232 g/mol. The lowest BCUT2D eigenvalue weighted by molar-refractivity contribution is 0.0637. The van der Waals surface area contributed by atoms with Crippen LogP contribution in [-0.2, 0) is 4.74 Å². The van der Waals surface area contributed by atoms with Crippen LogP contribution < -0.4 is 11.1 Å². The average Bonchev–Trinajstić information content (AvgIpc) is 2.90. The normalized spacial score (nSPS) is 23.6. The molecule has 1 aliphatic heterocycles. The molecular formula is C13H16N2O3. The van der Waals surface area contributed by atoms with Crippen LogP contribution in [0.5, 0.6) is 0 Å². The molecule has 0 saturated carbocycles. The third-order valence-corrected chi connectivity index (χ3v) is 3.27. The number of anilines is 1. The second-order valence-corrected chi connectivity index (χ2v) is 4.75. The van der Waals surface area contributed by atoms with Crippen LogP contribution in [0.4, 0.5) is 5.69 Å². The van der Waals surface area contributed by atoms with Crippen molar-refractivity contribution in [1.82, 2.24) is 4.98 Å². The number of aromatic nitrogens is 1. The first-order chi connectivity index (χ1) is 8.70. The summed E-state index contributed by atoms with van der Waals surface area (Å²) in [4.78, 5) is 13.7. The predicted octanol–water partition coefficient (Wildman–Crippen LogP) is 2.10. The van der Waals surface area contributed by atoms with Gasteiger partial charge in [0.15, 0.2) is 5.58 Å². The first kappa shape index (κ1) is 11.3. The summed E-state index contributed by atoms with van der Waals surface area (Å²) >= 11 is 0.